The molecular weight excluding hydrogens is 687 g/mol. The van der Waals surface area contributed by atoms with E-state index in [2.05, 4.69) is 199 Å². The number of nitrogens with zero attached hydrogens (tertiary/aromatic N) is 1. The standard InChI is InChI=1S/C52H33NOS/c1-2-11-34(12-3-1)36-23-27-41(28-24-36)53(42-29-25-37(26-30-42)39-22-21-35-13-4-5-14-38(35)31-39)43-16-10-15-40(32-43)46-33-47-44-17-6-8-19-48(44)54-51(47)50-45-18-7-9-20-49(45)55-52(46)50/h1-33H. The van der Waals surface area contributed by atoms with Crippen LogP contribution in [0.25, 0.3) is 86.3 Å². The largest absolute Gasteiger partial charge is 0.455 e. The first-order chi connectivity index (χ1) is 27.2. The molecule has 0 atom stereocenters. The number of hydrogen-bond acceptors (Lipinski definition) is 3. The third-order valence-electron chi connectivity index (χ3n) is 10.8. The van der Waals surface area contributed by atoms with E-state index in [9.17, 15) is 0 Å². The highest BCUT2D eigenvalue weighted by Gasteiger charge is 2.20. The van der Waals surface area contributed by atoms with E-state index >= 15 is 0 Å². The van der Waals surface area contributed by atoms with E-state index in [1.54, 1.807) is 0 Å². The Balaban J connectivity index is 1.07. The Bertz CT molecular complexity index is 3190. The van der Waals surface area contributed by atoms with Gasteiger partial charge in [-0.25, -0.2) is 0 Å². The summed E-state index contributed by atoms with van der Waals surface area (Å²) in [5.41, 5.74) is 12.3. The molecule has 2 nitrogen and oxygen atoms in total. The van der Waals surface area contributed by atoms with E-state index in [0.29, 0.717) is 0 Å². The van der Waals surface area contributed by atoms with Crippen molar-refractivity contribution in [3.05, 3.63) is 200 Å². The molecule has 11 rings (SSSR count). The summed E-state index contributed by atoms with van der Waals surface area (Å²) >= 11 is 1.84. The first-order valence-electron chi connectivity index (χ1n) is 18.7. The number of rotatable bonds is 6. The molecule has 9 aromatic carbocycles. The Kier molecular flexibility index (Phi) is 7.39. The fraction of sp³-hybridized carbons (Fsp3) is 0. The summed E-state index contributed by atoms with van der Waals surface area (Å²) in [4.78, 5) is 2.37. The fourth-order valence-corrected chi connectivity index (χ4v) is 9.38. The van der Waals surface area contributed by atoms with Gasteiger partial charge in [-0.05, 0) is 99.3 Å². The first-order valence-corrected chi connectivity index (χ1v) is 19.5. The molecule has 0 N–H and O–H groups in total. The van der Waals surface area contributed by atoms with Crippen LogP contribution in [0.3, 0.4) is 0 Å². The van der Waals surface area contributed by atoms with E-state index in [-0.39, 0.29) is 0 Å². The van der Waals surface area contributed by atoms with Crippen LogP contribution in [0, 0.1) is 0 Å². The number of furan rings is 1. The van der Waals surface area contributed by atoms with Crippen molar-refractivity contribution in [3.8, 4) is 33.4 Å². The Morgan fingerprint density at radius 2 is 1.00 bits per heavy atom. The molecule has 258 valence electrons. The Labute approximate surface area is 322 Å². The van der Waals surface area contributed by atoms with Gasteiger partial charge in [0.2, 0.25) is 0 Å². The topological polar surface area (TPSA) is 16.4 Å². The van der Waals surface area contributed by atoms with Gasteiger partial charge in [0.25, 0.3) is 0 Å². The molecule has 2 aromatic heterocycles. The average molecular weight is 720 g/mol. The van der Waals surface area contributed by atoms with E-state index in [0.717, 1.165) is 39.0 Å². The quantitative estimate of drug-likeness (QED) is 0.170. The zero-order valence-electron chi connectivity index (χ0n) is 29.8. The minimum absolute atomic E-state index is 0.914. The van der Waals surface area contributed by atoms with Gasteiger partial charge < -0.3 is 9.32 Å². The molecule has 0 spiro atoms. The van der Waals surface area contributed by atoms with Crippen LogP contribution in [0.4, 0.5) is 17.1 Å². The van der Waals surface area contributed by atoms with Gasteiger partial charge in [-0.15, -0.1) is 11.3 Å². The van der Waals surface area contributed by atoms with Crippen molar-refractivity contribution in [3.63, 3.8) is 0 Å². The van der Waals surface area contributed by atoms with E-state index in [4.69, 9.17) is 4.42 Å². The van der Waals surface area contributed by atoms with Crippen molar-refractivity contribution in [2.45, 2.75) is 0 Å². The molecule has 0 aliphatic heterocycles. The van der Waals surface area contributed by atoms with Gasteiger partial charge in [-0.3, -0.25) is 0 Å². The van der Waals surface area contributed by atoms with Crippen molar-refractivity contribution >= 4 is 81.3 Å². The number of hydrogen-bond donors (Lipinski definition) is 0. The van der Waals surface area contributed by atoms with Gasteiger partial charge in [0.1, 0.15) is 11.2 Å². The second-order valence-corrected chi connectivity index (χ2v) is 15.2. The van der Waals surface area contributed by atoms with Crippen molar-refractivity contribution in [1.82, 2.24) is 0 Å². The minimum atomic E-state index is 0.914. The molecule has 11 aromatic rings. The molecule has 55 heavy (non-hydrogen) atoms. The molecule has 0 aliphatic rings. The lowest BCUT2D eigenvalue weighted by Gasteiger charge is -2.26. The van der Waals surface area contributed by atoms with Crippen LogP contribution in [0.15, 0.2) is 205 Å². The Hall–Kier alpha value is -6.94. The zero-order chi connectivity index (χ0) is 36.3. The van der Waals surface area contributed by atoms with Crippen LogP contribution in [0.1, 0.15) is 0 Å². The molecular formula is C52H33NOS. The van der Waals surface area contributed by atoms with Crippen LogP contribution < -0.4 is 4.90 Å². The lowest BCUT2D eigenvalue weighted by Crippen LogP contribution is -2.10. The van der Waals surface area contributed by atoms with E-state index in [1.165, 1.54) is 64.3 Å². The van der Waals surface area contributed by atoms with Gasteiger partial charge in [0.05, 0.1) is 0 Å². The highest BCUT2D eigenvalue weighted by molar-refractivity contribution is 7.26. The summed E-state index contributed by atoms with van der Waals surface area (Å²) < 4.78 is 9.10. The fourth-order valence-electron chi connectivity index (χ4n) is 8.14. The molecule has 0 saturated carbocycles. The second-order valence-electron chi connectivity index (χ2n) is 14.1. The third kappa shape index (κ3) is 5.40. The van der Waals surface area contributed by atoms with E-state index < -0.39 is 0 Å². The third-order valence-corrected chi connectivity index (χ3v) is 12.1. The first kappa shape index (κ1) is 31.6. The Morgan fingerprint density at radius 1 is 0.382 bits per heavy atom. The lowest BCUT2D eigenvalue weighted by molar-refractivity contribution is 0.673. The molecule has 0 unspecified atom stereocenters. The maximum absolute atomic E-state index is 6.60. The summed E-state index contributed by atoms with van der Waals surface area (Å²) in [7, 11) is 0. The molecule has 2 heterocycles. The number of thiophene rings is 1. The van der Waals surface area contributed by atoms with Gasteiger partial charge in [-0.1, -0.05) is 140 Å². The molecule has 0 saturated heterocycles. The SMILES string of the molecule is c1ccc(-c2ccc(N(c3ccc(-c4ccc5ccccc5c4)cc3)c3cccc(-c4cc5c6ccccc6oc5c5c4sc4ccccc45)c3)cc2)cc1. The summed E-state index contributed by atoms with van der Waals surface area (Å²) in [6, 6.07) is 72.2. The van der Waals surface area contributed by atoms with Crippen molar-refractivity contribution in [2.75, 3.05) is 4.90 Å². The summed E-state index contributed by atoms with van der Waals surface area (Å²) in [5.74, 6) is 0. The van der Waals surface area contributed by atoms with Crippen molar-refractivity contribution in [2.24, 2.45) is 0 Å². The van der Waals surface area contributed by atoms with Crippen molar-refractivity contribution < 1.29 is 4.42 Å². The Morgan fingerprint density at radius 3 is 1.80 bits per heavy atom. The van der Waals surface area contributed by atoms with Crippen LogP contribution in [-0.4, -0.2) is 0 Å². The zero-order valence-corrected chi connectivity index (χ0v) is 30.6. The summed E-state index contributed by atoms with van der Waals surface area (Å²) in [6.07, 6.45) is 0. The maximum atomic E-state index is 6.60. The van der Waals surface area contributed by atoms with E-state index in [1.807, 2.05) is 17.4 Å². The monoisotopic (exact) mass is 719 g/mol. The van der Waals surface area contributed by atoms with Gasteiger partial charge in [0.15, 0.2) is 0 Å². The molecule has 3 heteroatoms. The smallest absolute Gasteiger partial charge is 0.144 e. The predicted octanol–water partition coefficient (Wildman–Crippen LogP) is 15.6. The molecule has 0 aliphatic carbocycles. The number of anilines is 3. The van der Waals surface area contributed by atoms with Crippen LogP contribution in [-0.2, 0) is 0 Å². The summed E-state index contributed by atoms with van der Waals surface area (Å²) in [6.45, 7) is 0. The number of fused-ring (bicyclic) bond motifs is 8. The van der Waals surface area contributed by atoms with Crippen LogP contribution in [0.5, 0.6) is 0 Å². The minimum Gasteiger partial charge on any atom is -0.455 e. The molecule has 0 fully saturated rings. The molecule has 0 radical (unpaired) electrons. The predicted molar refractivity (Wildman–Crippen MR) is 235 cm³/mol. The van der Waals surface area contributed by atoms with Gasteiger partial charge in [0, 0.05) is 53.6 Å². The normalized spacial score (nSPS) is 11.6. The average Bonchev–Trinajstić information content (AvgIpc) is 3.83. The number of para-hydroxylation sites is 1. The molecule has 0 amide bonds. The molecule has 0 bridgehead atoms. The highest BCUT2D eigenvalue weighted by Crippen LogP contribution is 2.47. The summed E-state index contributed by atoms with van der Waals surface area (Å²) in [5, 5.41) is 7.20. The van der Waals surface area contributed by atoms with Crippen LogP contribution in [0.2, 0.25) is 0 Å². The van der Waals surface area contributed by atoms with Crippen LogP contribution >= 0.6 is 11.3 Å². The van der Waals surface area contributed by atoms with Gasteiger partial charge in [-0.2, -0.15) is 0 Å². The lowest BCUT2D eigenvalue weighted by atomic mass is 9.98. The number of benzene rings is 9. The van der Waals surface area contributed by atoms with Crippen molar-refractivity contribution in [1.29, 1.82) is 0 Å². The highest BCUT2D eigenvalue weighted by atomic mass is 32.1. The van der Waals surface area contributed by atoms with Gasteiger partial charge >= 0.3 is 0 Å². The maximum Gasteiger partial charge on any atom is 0.144 e. The second kappa shape index (κ2) is 12.9.